The van der Waals surface area contributed by atoms with Gasteiger partial charge < -0.3 is 14.6 Å². The number of ether oxygens (including phenoxy) is 2. The fourth-order valence-electron chi connectivity index (χ4n) is 2.71. The van der Waals surface area contributed by atoms with Crippen molar-refractivity contribution in [3.63, 3.8) is 0 Å². The molecule has 0 aliphatic carbocycles. The molecule has 0 fully saturated rings. The Morgan fingerprint density at radius 3 is 2.60 bits per heavy atom. The molecule has 1 heterocycles. The largest absolute Gasteiger partial charge is 0.454 e. The minimum atomic E-state index is -1.86. The Morgan fingerprint density at radius 1 is 1.05 bits per heavy atom. The fourth-order valence-corrected chi connectivity index (χ4v) is 5.49. The predicted molar refractivity (Wildman–Crippen MR) is 81.7 cm³/mol. The lowest BCUT2D eigenvalue weighted by Gasteiger charge is -2.26. The molecule has 2 aromatic rings. The number of hydrogen-bond donors (Lipinski definition) is 1. The Bertz CT molecular complexity index is 637. The monoisotopic (exact) mass is 286 g/mol. The van der Waals surface area contributed by atoms with Crippen LogP contribution in [0.1, 0.15) is 5.56 Å². The Morgan fingerprint density at radius 2 is 1.80 bits per heavy atom. The van der Waals surface area contributed by atoms with E-state index in [4.69, 9.17) is 9.47 Å². The van der Waals surface area contributed by atoms with E-state index in [0.29, 0.717) is 6.79 Å². The van der Waals surface area contributed by atoms with Gasteiger partial charge in [0, 0.05) is 0 Å². The number of hydrogen-bond acceptors (Lipinski definition) is 3. The third-order valence-corrected chi connectivity index (χ3v) is 7.54. The Hall–Kier alpha value is -1.78. The highest BCUT2D eigenvalue weighted by molar-refractivity contribution is 7.00. The fraction of sp³-hybridized carbons (Fsp3) is 0.250. The zero-order valence-electron chi connectivity index (χ0n) is 11.7. The van der Waals surface area contributed by atoms with E-state index >= 15 is 0 Å². The van der Waals surface area contributed by atoms with Crippen LogP contribution in [0.25, 0.3) is 0 Å². The van der Waals surface area contributed by atoms with Crippen molar-refractivity contribution in [2.75, 3.05) is 6.79 Å². The van der Waals surface area contributed by atoms with Crippen LogP contribution in [0.5, 0.6) is 11.5 Å². The van der Waals surface area contributed by atoms with Crippen LogP contribution in [-0.2, 0) is 6.61 Å². The van der Waals surface area contributed by atoms with Gasteiger partial charge in [-0.15, -0.1) is 0 Å². The highest BCUT2D eigenvalue weighted by atomic mass is 28.3. The molecule has 0 unspecified atom stereocenters. The SMILES string of the molecule is C[Si](C)(c1ccc2c(c1)OCO2)c1ccccc1CO. The molecule has 2 aromatic carbocycles. The third kappa shape index (κ3) is 2.11. The maximum absolute atomic E-state index is 9.56. The molecule has 3 rings (SSSR count). The molecule has 0 saturated heterocycles. The molecule has 0 spiro atoms. The van der Waals surface area contributed by atoms with Crippen molar-refractivity contribution < 1.29 is 14.6 Å². The highest BCUT2D eigenvalue weighted by Crippen LogP contribution is 2.30. The van der Waals surface area contributed by atoms with Crippen molar-refractivity contribution in [1.82, 2.24) is 0 Å². The molecule has 0 radical (unpaired) electrons. The first-order chi connectivity index (χ1) is 9.63. The van der Waals surface area contributed by atoms with Crippen LogP contribution in [0.15, 0.2) is 42.5 Å². The summed E-state index contributed by atoms with van der Waals surface area (Å²) >= 11 is 0. The van der Waals surface area contributed by atoms with E-state index in [0.717, 1.165) is 17.1 Å². The van der Waals surface area contributed by atoms with Crippen LogP contribution in [0.4, 0.5) is 0 Å². The first-order valence-corrected chi connectivity index (χ1v) is 9.72. The van der Waals surface area contributed by atoms with E-state index in [2.05, 4.69) is 31.3 Å². The zero-order valence-corrected chi connectivity index (χ0v) is 12.7. The molecule has 1 aliphatic heterocycles. The van der Waals surface area contributed by atoms with Crippen molar-refractivity contribution in [3.8, 4) is 11.5 Å². The lowest BCUT2D eigenvalue weighted by molar-refractivity contribution is 0.174. The second-order valence-electron chi connectivity index (χ2n) is 5.51. The summed E-state index contributed by atoms with van der Waals surface area (Å²) in [5.41, 5.74) is 1.02. The summed E-state index contributed by atoms with van der Waals surface area (Å²) in [6.45, 7) is 4.96. The molecule has 104 valence electrons. The minimum absolute atomic E-state index is 0.0805. The summed E-state index contributed by atoms with van der Waals surface area (Å²) in [7, 11) is -1.86. The van der Waals surface area contributed by atoms with Crippen molar-refractivity contribution >= 4 is 18.4 Å². The molecular formula is C16H18O3Si. The van der Waals surface area contributed by atoms with Gasteiger partial charge in [0.2, 0.25) is 6.79 Å². The molecule has 0 aromatic heterocycles. The van der Waals surface area contributed by atoms with Crippen molar-refractivity contribution in [3.05, 3.63) is 48.0 Å². The summed E-state index contributed by atoms with van der Waals surface area (Å²) in [4.78, 5) is 0. The summed E-state index contributed by atoms with van der Waals surface area (Å²) in [6, 6.07) is 14.3. The molecule has 0 atom stereocenters. The van der Waals surface area contributed by atoms with Crippen LogP contribution < -0.4 is 19.8 Å². The maximum atomic E-state index is 9.56. The van der Waals surface area contributed by atoms with Gasteiger partial charge >= 0.3 is 0 Å². The van der Waals surface area contributed by atoms with E-state index in [-0.39, 0.29) is 6.61 Å². The molecule has 1 N–H and O–H groups in total. The van der Waals surface area contributed by atoms with Crippen LogP contribution in [-0.4, -0.2) is 20.0 Å². The third-order valence-electron chi connectivity index (χ3n) is 3.96. The normalized spacial score (nSPS) is 13.6. The average Bonchev–Trinajstić information content (AvgIpc) is 2.94. The second-order valence-corrected chi connectivity index (χ2v) is 9.87. The first-order valence-electron chi connectivity index (χ1n) is 6.72. The molecule has 0 saturated carbocycles. The Balaban J connectivity index is 2.07. The van der Waals surface area contributed by atoms with Gasteiger partial charge in [0.05, 0.1) is 6.61 Å². The van der Waals surface area contributed by atoms with Crippen LogP contribution in [0, 0.1) is 0 Å². The van der Waals surface area contributed by atoms with Crippen molar-refractivity contribution in [2.24, 2.45) is 0 Å². The number of aliphatic hydroxyl groups excluding tert-OH is 1. The van der Waals surface area contributed by atoms with Crippen LogP contribution in [0.3, 0.4) is 0 Å². The van der Waals surface area contributed by atoms with Crippen LogP contribution in [0.2, 0.25) is 13.1 Å². The number of rotatable bonds is 3. The molecule has 3 nitrogen and oxygen atoms in total. The van der Waals surface area contributed by atoms with Gasteiger partial charge in [-0.3, -0.25) is 0 Å². The van der Waals surface area contributed by atoms with E-state index in [1.807, 2.05) is 24.3 Å². The van der Waals surface area contributed by atoms with Gasteiger partial charge in [-0.25, -0.2) is 0 Å². The average molecular weight is 286 g/mol. The lowest BCUT2D eigenvalue weighted by atomic mass is 10.2. The van der Waals surface area contributed by atoms with Gasteiger partial charge in [-0.1, -0.05) is 48.6 Å². The predicted octanol–water partition coefficient (Wildman–Crippen LogP) is 1.73. The zero-order chi connectivity index (χ0) is 14.2. The smallest absolute Gasteiger partial charge is 0.231 e. The lowest BCUT2D eigenvalue weighted by Crippen LogP contribution is -2.54. The van der Waals surface area contributed by atoms with E-state index < -0.39 is 8.07 Å². The molecular weight excluding hydrogens is 268 g/mol. The van der Waals surface area contributed by atoms with Crippen LogP contribution >= 0.6 is 0 Å². The second kappa shape index (κ2) is 4.96. The number of fused-ring (bicyclic) bond motifs is 1. The number of aliphatic hydroxyl groups is 1. The summed E-state index contributed by atoms with van der Waals surface area (Å²) in [5.74, 6) is 1.64. The molecule has 0 bridgehead atoms. The Labute approximate surface area is 119 Å². The van der Waals surface area contributed by atoms with Gasteiger partial charge in [0.15, 0.2) is 11.5 Å². The topological polar surface area (TPSA) is 38.7 Å². The first kappa shape index (κ1) is 13.2. The van der Waals surface area contributed by atoms with Gasteiger partial charge in [-0.05, 0) is 22.9 Å². The maximum Gasteiger partial charge on any atom is 0.231 e. The van der Waals surface area contributed by atoms with Gasteiger partial charge in [0.1, 0.15) is 8.07 Å². The van der Waals surface area contributed by atoms with Crippen molar-refractivity contribution in [1.29, 1.82) is 0 Å². The van der Waals surface area contributed by atoms with Gasteiger partial charge in [0.25, 0.3) is 0 Å². The molecule has 0 amide bonds. The highest BCUT2D eigenvalue weighted by Gasteiger charge is 2.29. The summed E-state index contributed by atoms with van der Waals surface area (Å²) in [5, 5.41) is 12.1. The van der Waals surface area contributed by atoms with E-state index in [1.165, 1.54) is 10.4 Å². The standard InChI is InChI=1S/C16H18O3Si/c1-20(2,16-6-4-3-5-12(16)10-17)13-7-8-14-15(9-13)19-11-18-14/h3-9,17H,10-11H2,1-2H3. The van der Waals surface area contributed by atoms with Gasteiger partial charge in [-0.2, -0.15) is 0 Å². The quantitative estimate of drug-likeness (QED) is 0.873. The van der Waals surface area contributed by atoms with Crippen molar-refractivity contribution in [2.45, 2.75) is 19.7 Å². The van der Waals surface area contributed by atoms with E-state index in [9.17, 15) is 5.11 Å². The summed E-state index contributed by atoms with van der Waals surface area (Å²) in [6.07, 6.45) is 0. The number of benzene rings is 2. The van der Waals surface area contributed by atoms with E-state index in [1.54, 1.807) is 0 Å². The molecule has 20 heavy (non-hydrogen) atoms. The minimum Gasteiger partial charge on any atom is -0.454 e. The Kier molecular flexibility index (Phi) is 3.28. The molecule has 4 heteroatoms. The molecule has 1 aliphatic rings. The summed E-state index contributed by atoms with van der Waals surface area (Å²) < 4.78 is 10.8.